The van der Waals surface area contributed by atoms with Crippen LogP contribution >= 0.6 is 24.2 Å². The van der Waals surface area contributed by atoms with E-state index < -0.39 is 17.7 Å². The number of hydrazone groups is 1. The third-order valence-electron chi connectivity index (χ3n) is 5.75. The van der Waals surface area contributed by atoms with Crippen LogP contribution in [0.5, 0.6) is 0 Å². The molecule has 2 aliphatic heterocycles. The van der Waals surface area contributed by atoms with Crippen LogP contribution in [0.2, 0.25) is 0 Å². The molecule has 3 aliphatic rings. The monoisotopic (exact) mass is 446 g/mol. The summed E-state index contributed by atoms with van der Waals surface area (Å²) in [6.07, 6.45) is 6.24. The average molecular weight is 447 g/mol. The predicted octanol–water partition coefficient (Wildman–Crippen LogP) is 1.53. The molecule has 2 saturated heterocycles. The number of carbonyl (C=O) groups is 3. The van der Waals surface area contributed by atoms with E-state index in [2.05, 4.69) is 15.8 Å². The summed E-state index contributed by atoms with van der Waals surface area (Å²) in [5.41, 5.74) is 2.38. The molecule has 10 heteroatoms. The van der Waals surface area contributed by atoms with Crippen molar-refractivity contribution >= 4 is 46.9 Å². The Morgan fingerprint density at radius 1 is 1.14 bits per heavy atom. The van der Waals surface area contributed by atoms with Crippen molar-refractivity contribution < 1.29 is 19.1 Å². The van der Waals surface area contributed by atoms with Crippen LogP contribution in [0.15, 0.2) is 5.10 Å². The van der Waals surface area contributed by atoms with E-state index in [-0.39, 0.29) is 30.2 Å². The van der Waals surface area contributed by atoms with E-state index in [1.165, 1.54) is 11.8 Å². The fourth-order valence-electron chi connectivity index (χ4n) is 3.97. The van der Waals surface area contributed by atoms with Crippen LogP contribution in [0.3, 0.4) is 0 Å². The molecule has 8 nitrogen and oxygen atoms in total. The molecule has 2 heterocycles. The Bertz CT molecular complexity index is 621. The molecule has 29 heavy (non-hydrogen) atoms. The number of nitrogens with zero attached hydrogens (tertiary/aromatic N) is 2. The molecule has 1 atom stereocenters. The number of halogens is 1. The van der Waals surface area contributed by atoms with Gasteiger partial charge in [0.25, 0.3) is 0 Å². The van der Waals surface area contributed by atoms with Gasteiger partial charge in [0.05, 0.1) is 0 Å². The van der Waals surface area contributed by atoms with Crippen LogP contribution < -0.4 is 10.7 Å². The van der Waals surface area contributed by atoms with Crippen molar-refractivity contribution in [2.24, 2.45) is 16.9 Å². The summed E-state index contributed by atoms with van der Waals surface area (Å²) in [5, 5.41) is 7.66. The van der Waals surface area contributed by atoms with Crippen LogP contribution in [0.25, 0.3) is 0 Å². The van der Waals surface area contributed by atoms with Gasteiger partial charge in [-0.1, -0.05) is 31.0 Å². The minimum absolute atomic E-state index is 0. The first-order chi connectivity index (χ1) is 13.6. The number of amides is 2. The van der Waals surface area contributed by atoms with Crippen molar-refractivity contribution in [2.45, 2.75) is 51.0 Å². The van der Waals surface area contributed by atoms with Gasteiger partial charge in [0.1, 0.15) is 6.04 Å². The molecule has 1 unspecified atom stereocenters. The maximum Gasteiger partial charge on any atom is 0.309 e. The molecule has 0 spiro atoms. The largest absolute Gasteiger partial charge is 0.381 e. The second-order valence-corrected chi connectivity index (χ2v) is 8.80. The topological polar surface area (TPSA) is 100 Å². The van der Waals surface area contributed by atoms with Gasteiger partial charge in [-0.15, -0.1) is 17.5 Å². The van der Waals surface area contributed by atoms with E-state index >= 15 is 0 Å². The number of Topliss-reactive ketones (excluding diaryl/α,β-unsaturated/α-hetero) is 1. The molecule has 3 rings (SSSR count). The highest BCUT2D eigenvalue weighted by Gasteiger charge is 2.36. The molecule has 0 aromatic rings. The average Bonchev–Trinajstić information content (AvgIpc) is 3.15. The predicted molar refractivity (Wildman–Crippen MR) is 115 cm³/mol. The molecule has 0 bridgehead atoms. The Labute approximate surface area is 182 Å². The molecular formula is C19H31ClN4O4S. The Morgan fingerprint density at radius 2 is 1.83 bits per heavy atom. The van der Waals surface area contributed by atoms with Crippen LogP contribution in [0.1, 0.15) is 44.9 Å². The first kappa shape index (κ1) is 24.0. The van der Waals surface area contributed by atoms with E-state index in [9.17, 15) is 14.4 Å². The fourth-order valence-corrected chi connectivity index (χ4v) is 4.94. The van der Waals surface area contributed by atoms with Crippen molar-refractivity contribution in [3.8, 4) is 0 Å². The molecule has 1 aliphatic carbocycles. The first-order valence-electron chi connectivity index (χ1n) is 10.2. The van der Waals surface area contributed by atoms with Gasteiger partial charge in [0.2, 0.25) is 11.7 Å². The Balaban J connectivity index is 0.00000300. The van der Waals surface area contributed by atoms with Gasteiger partial charge in [-0.25, -0.2) is 5.43 Å². The summed E-state index contributed by atoms with van der Waals surface area (Å²) < 4.78 is 5.38. The van der Waals surface area contributed by atoms with Crippen LogP contribution in [0.4, 0.5) is 0 Å². The number of hydrogen-bond donors (Lipinski definition) is 2. The van der Waals surface area contributed by atoms with Crippen molar-refractivity contribution in [3.63, 3.8) is 0 Å². The second kappa shape index (κ2) is 11.8. The van der Waals surface area contributed by atoms with E-state index in [1.54, 1.807) is 0 Å². The molecular weight excluding hydrogens is 416 g/mol. The number of ketones is 1. The van der Waals surface area contributed by atoms with Gasteiger partial charge in [-0.3, -0.25) is 14.4 Å². The van der Waals surface area contributed by atoms with E-state index in [4.69, 9.17) is 4.74 Å². The van der Waals surface area contributed by atoms with Crippen molar-refractivity contribution in [1.29, 1.82) is 0 Å². The van der Waals surface area contributed by atoms with Gasteiger partial charge in [0.15, 0.2) is 5.17 Å². The van der Waals surface area contributed by atoms with Gasteiger partial charge in [0, 0.05) is 38.5 Å². The number of nitrogens with one attached hydrogen (secondary N) is 2. The number of amidine groups is 1. The summed E-state index contributed by atoms with van der Waals surface area (Å²) >= 11 is 1.53. The van der Waals surface area contributed by atoms with Crippen molar-refractivity contribution in [3.05, 3.63) is 0 Å². The van der Waals surface area contributed by atoms with Crippen LogP contribution in [-0.2, 0) is 19.1 Å². The Hall–Kier alpha value is -1.32. The molecule has 3 fully saturated rings. The third kappa shape index (κ3) is 6.58. The van der Waals surface area contributed by atoms with Crippen molar-refractivity contribution in [2.75, 3.05) is 32.6 Å². The van der Waals surface area contributed by atoms with Gasteiger partial charge in [-0.2, -0.15) is 0 Å². The van der Waals surface area contributed by atoms with Crippen LogP contribution in [-0.4, -0.2) is 66.3 Å². The third-order valence-corrected chi connectivity index (χ3v) is 6.80. The standard InChI is InChI=1S/C19H30N4O4S.ClH/c1-23-9-12-28-19(23)22-21-18(26)16(24)15(13-7-10-27-11-8-13)20-17(25)14-5-3-2-4-6-14;/h13-15H,2-12H2,1H3,(H,20,25)(H,21,26);1H. The molecule has 2 amide bonds. The maximum atomic E-state index is 12.9. The highest BCUT2D eigenvalue weighted by Crippen LogP contribution is 2.25. The molecule has 0 aromatic heterocycles. The highest BCUT2D eigenvalue weighted by atomic mass is 35.5. The Kier molecular flexibility index (Phi) is 9.71. The Morgan fingerprint density at radius 3 is 2.45 bits per heavy atom. The lowest BCUT2D eigenvalue weighted by Gasteiger charge is -2.31. The highest BCUT2D eigenvalue weighted by molar-refractivity contribution is 8.14. The number of ether oxygens (including phenoxy) is 1. The fraction of sp³-hybridized carbons (Fsp3) is 0.789. The van der Waals surface area contributed by atoms with Gasteiger partial charge < -0.3 is 15.0 Å². The minimum atomic E-state index is -0.813. The minimum Gasteiger partial charge on any atom is -0.381 e. The first-order valence-corrected chi connectivity index (χ1v) is 11.2. The number of hydrogen-bond acceptors (Lipinski definition) is 6. The SMILES string of the molecule is CN1CCSC1=NNC(=O)C(=O)C(NC(=O)C1CCCCC1)C1CCOCC1.Cl. The van der Waals surface area contributed by atoms with E-state index in [1.807, 2.05) is 11.9 Å². The van der Waals surface area contributed by atoms with Crippen molar-refractivity contribution in [1.82, 2.24) is 15.6 Å². The summed E-state index contributed by atoms with van der Waals surface area (Å²) in [7, 11) is 1.89. The summed E-state index contributed by atoms with van der Waals surface area (Å²) in [6, 6.07) is -0.813. The zero-order valence-electron chi connectivity index (χ0n) is 16.9. The van der Waals surface area contributed by atoms with Crippen LogP contribution in [0, 0.1) is 11.8 Å². The molecule has 2 N–H and O–H groups in total. The summed E-state index contributed by atoms with van der Waals surface area (Å²) in [4.78, 5) is 40.0. The molecule has 0 aromatic carbocycles. The molecule has 0 radical (unpaired) electrons. The number of thioether (sulfide) groups is 1. The van der Waals surface area contributed by atoms with Gasteiger partial charge >= 0.3 is 5.91 Å². The zero-order chi connectivity index (χ0) is 19.9. The van der Waals surface area contributed by atoms with E-state index in [0.29, 0.717) is 31.2 Å². The van der Waals surface area contributed by atoms with E-state index in [0.717, 1.165) is 44.4 Å². The smallest absolute Gasteiger partial charge is 0.309 e. The second-order valence-electron chi connectivity index (χ2n) is 7.74. The normalized spacial score (nSPS) is 23.3. The van der Waals surface area contributed by atoms with Gasteiger partial charge in [-0.05, 0) is 31.6 Å². The number of carbonyl (C=O) groups excluding carboxylic acids is 3. The zero-order valence-corrected chi connectivity index (χ0v) is 18.5. The lowest BCUT2D eigenvalue weighted by molar-refractivity contribution is -0.142. The molecule has 1 saturated carbocycles. The lowest BCUT2D eigenvalue weighted by Crippen LogP contribution is -2.53. The number of rotatable bonds is 6. The lowest BCUT2D eigenvalue weighted by atomic mass is 9.85. The maximum absolute atomic E-state index is 12.9. The quantitative estimate of drug-likeness (QED) is 0.474. The molecule has 164 valence electrons. The summed E-state index contributed by atoms with van der Waals surface area (Å²) in [6.45, 7) is 1.94. The summed E-state index contributed by atoms with van der Waals surface area (Å²) in [5.74, 6) is -0.734.